The minimum Gasteiger partial charge on any atom is -0.387 e. The Bertz CT molecular complexity index is 1920. The second kappa shape index (κ2) is 15.0. The number of benzene rings is 3. The summed E-state index contributed by atoms with van der Waals surface area (Å²) < 4.78 is 0. The first-order valence-corrected chi connectivity index (χ1v) is 17.9. The quantitative estimate of drug-likeness (QED) is 0.143. The van der Waals surface area contributed by atoms with E-state index < -0.39 is 0 Å². The minimum atomic E-state index is 0.275. The molecule has 2 N–H and O–H groups in total. The molecule has 4 aliphatic rings. The van der Waals surface area contributed by atoms with Crippen molar-refractivity contribution >= 4 is 28.5 Å². The van der Waals surface area contributed by atoms with Gasteiger partial charge in [0.2, 0.25) is 0 Å². The average Bonchev–Trinajstić information content (AvgIpc) is 3.15. The molecule has 3 unspecified atom stereocenters. The van der Waals surface area contributed by atoms with E-state index in [0.29, 0.717) is 24.1 Å². The number of amidine groups is 1. The zero-order valence-corrected chi connectivity index (χ0v) is 28.2. The van der Waals surface area contributed by atoms with E-state index in [1.54, 1.807) is 0 Å². The van der Waals surface area contributed by atoms with Gasteiger partial charge in [-0.1, -0.05) is 133 Å². The van der Waals surface area contributed by atoms with Crippen molar-refractivity contribution < 1.29 is 0 Å². The lowest BCUT2D eigenvalue weighted by molar-refractivity contribution is 0.574. The van der Waals surface area contributed by atoms with Crippen LogP contribution in [0.1, 0.15) is 93.2 Å². The van der Waals surface area contributed by atoms with Crippen molar-refractivity contribution in [2.24, 2.45) is 21.6 Å². The van der Waals surface area contributed by atoms with E-state index in [-0.39, 0.29) is 5.92 Å². The highest BCUT2D eigenvalue weighted by atomic mass is 14.9. The van der Waals surface area contributed by atoms with Crippen molar-refractivity contribution in [2.75, 3.05) is 0 Å². The van der Waals surface area contributed by atoms with Gasteiger partial charge in [0, 0.05) is 24.8 Å². The second-order valence-electron chi connectivity index (χ2n) is 13.8. The van der Waals surface area contributed by atoms with Crippen LogP contribution in [0, 0.1) is 5.92 Å². The largest absolute Gasteiger partial charge is 0.387 e. The van der Waals surface area contributed by atoms with Gasteiger partial charge in [0.1, 0.15) is 5.84 Å². The van der Waals surface area contributed by atoms with E-state index in [2.05, 4.69) is 127 Å². The lowest BCUT2D eigenvalue weighted by Crippen LogP contribution is -2.14. The van der Waals surface area contributed by atoms with Gasteiger partial charge < -0.3 is 5.73 Å². The van der Waals surface area contributed by atoms with Crippen molar-refractivity contribution in [2.45, 2.75) is 76.5 Å². The third-order valence-electron chi connectivity index (χ3n) is 10.5. The third-order valence-corrected chi connectivity index (χ3v) is 10.5. The Morgan fingerprint density at radius 3 is 2.50 bits per heavy atom. The van der Waals surface area contributed by atoms with Crippen LogP contribution in [0.25, 0.3) is 16.5 Å². The third kappa shape index (κ3) is 7.52. The second-order valence-corrected chi connectivity index (χ2v) is 13.8. The molecule has 3 nitrogen and oxygen atoms in total. The number of nitrogens with two attached hydrogens (primary N) is 1. The molecule has 3 atom stereocenters. The summed E-state index contributed by atoms with van der Waals surface area (Å²) in [5.41, 5.74) is 17.4. The van der Waals surface area contributed by atoms with Crippen molar-refractivity contribution in [1.29, 1.82) is 0 Å². The number of hydrogen-bond donors (Lipinski definition) is 1. The molecule has 3 heteroatoms. The van der Waals surface area contributed by atoms with E-state index in [4.69, 9.17) is 10.7 Å². The summed E-state index contributed by atoms with van der Waals surface area (Å²) in [5, 5.41) is 2.72. The fraction of sp³-hybridized carbons (Fsp3) is 0.289. The molecule has 0 aromatic heterocycles. The molecule has 0 fully saturated rings. The predicted octanol–water partition coefficient (Wildman–Crippen LogP) is 11.5. The van der Waals surface area contributed by atoms with Crippen molar-refractivity contribution in [3.8, 4) is 0 Å². The van der Waals surface area contributed by atoms with Crippen molar-refractivity contribution in [1.82, 2.24) is 0 Å². The highest BCUT2D eigenvalue weighted by Crippen LogP contribution is 2.39. The molecule has 0 bridgehead atoms. The van der Waals surface area contributed by atoms with Crippen LogP contribution in [0.15, 0.2) is 154 Å². The van der Waals surface area contributed by atoms with Gasteiger partial charge in [-0.2, -0.15) is 0 Å². The molecular weight excluding hydrogens is 583 g/mol. The highest BCUT2D eigenvalue weighted by molar-refractivity contribution is 5.89. The topological polar surface area (TPSA) is 50.7 Å². The number of rotatable bonds is 9. The Hall–Kier alpha value is -4.76. The van der Waals surface area contributed by atoms with E-state index in [9.17, 15) is 0 Å². The van der Waals surface area contributed by atoms with Gasteiger partial charge in [-0.05, 0) is 102 Å². The molecule has 3 aliphatic carbocycles. The molecule has 0 saturated carbocycles. The Morgan fingerprint density at radius 1 is 0.896 bits per heavy atom. The van der Waals surface area contributed by atoms with Gasteiger partial charge in [-0.25, -0.2) is 4.99 Å². The standard InChI is InChI=1S/C45H47N3/c1-32(34-20-24-39(25-21-34)43-15-7-12-38-11-5-6-14-42(38)43)29-44(40-26-22-37(23-27-40)41-13-8-28-47-31-41)48-45(46)30-33-16-18-36(19-17-33)35-9-3-2-4-10-35/h2-3,5-9,11-12,14-16,18,20,22-23,26-29,31-32,39,41H,4,10,13,17,19,21,24-25,30H2,1H3,(H2,46,48)/b44-29-. The Balaban J connectivity index is 1.12. The van der Waals surface area contributed by atoms with E-state index >= 15 is 0 Å². The summed E-state index contributed by atoms with van der Waals surface area (Å²) in [7, 11) is 0. The Morgan fingerprint density at radius 2 is 1.75 bits per heavy atom. The molecule has 7 rings (SSSR count). The smallest absolute Gasteiger partial charge is 0.104 e. The molecule has 0 saturated heterocycles. The van der Waals surface area contributed by atoms with Crippen LogP contribution in [-0.4, -0.2) is 12.1 Å². The van der Waals surface area contributed by atoms with Crippen LogP contribution in [0.2, 0.25) is 0 Å². The fourth-order valence-corrected chi connectivity index (χ4v) is 7.70. The molecule has 0 radical (unpaired) electrons. The van der Waals surface area contributed by atoms with Gasteiger partial charge in [-0.3, -0.25) is 4.99 Å². The van der Waals surface area contributed by atoms with Crippen LogP contribution in [0.4, 0.5) is 0 Å². The molecule has 48 heavy (non-hydrogen) atoms. The number of allylic oxidation sites excluding steroid dienone is 11. The zero-order chi connectivity index (χ0) is 32.7. The number of fused-ring (bicyclic) bond motifs is 1. The maximum Gasteiger partial charge on any atom is 0.104 e. The van der Waals surface area contributed by atoms with Crippen LogP contribution < -0.4 is 5.73 Å². The minimum absolute atomic E-state index is 0.275. The maximum absolute atomic E-state index is 6.74. The highest BCUT2D eigenvalue weighted by Gasteiger charge is 2.21. The molecule has 1 heterocycles. The summed E-state index contributed by atoms with van der Waals surface area (Å²) in [6.45, 7) is 2.32. The number of nitrogens with zero attached hydrogens (tertiary/aromatic N) is 2. The molecule has 3 aromatic carbocycles. The van der Waals surface area contributed by atoms with Gasteiger partial charge in [0.05, 0.1) is 5.70 Å². The first-order chi connectivity index (χ1) is 23.6. The van der Waals surface area contributed by atoms with Gasteiger partial charge in [-0.15, -0.1) is 0 Å². The van der Waals surface area contributed by atoms with Gasteiger partial charge in [0.15, 0.2) is 0 Å². The van der Waals surface area contributed by atoms with E-state index in [1.807, 2.05) is 12.4 Å². The molecule has 242 valence electrons. The van der Waals surface area contributed by atoms with Crippen LogP contribution in [0.5, 0.6) is 0 Å². The summed E-state index contributed by atoms with van der Waals surface area (Å²) in [6, 6.07) is 24.4. The average molecular weight is 630 g/mol. The monoisotopic (exact) mass is 629 g/mol. The first-order valence-electron chi connectivity index (χ1n) is 17.9. The molecule has 3 aromatic rings. The molecule has 0 amide bonds. The maximum atomic E-state index is 6.74. The molecular formula is C45H47N3. The normalized spacial score (nSPS) is 22.2. The Labute approximate surface area is 286 Å². The molecule has 0 spiro atoms. The van der Waals surface area contributed by atoms with E-state index in [1.165, 1.54) is 50.6 Å². The van der Waals surface area contributed by atoms with Crippen LogP contribution in [-0.2, 0) is 0 Å². The zero-order valence-electron chi connectivity index (χ0n) is 28.2. The van der Waals surface area contributed by atoms with Gasteiger partial charge in [0.25, 0.3) is 0 Å². The van der Waals surface area contributed by atoms with Crippen LogP contribution >= 0.6 is 0 Å². The SMILES string of the molecule is CC(/C=C(\N=C(/N)CC1=CC=C(C2=CC=CCC2)CC1)c1ccc(C2C=NC=CC2)cc1)C1=CCC(c2cccc3ccccc23)CC1. The number of aliphatic imine (C=N–C) groups is 2. The van der Waals surface area contributed by atoms with Crippen molar-refractivity contribution in [3.05, 3.63) is 161 Å². The van der Waals surface area contributed by atoms with Crippen LogP contribution in [0.3, 0.4) is 0 Å². The first kappa shape index (κ1) is 31.8. The summed E-state index contributed by atoms with van der Waals surface area (Å²) in [5.74, 6) is 1.83. The van der Waals surface area contributed by atoms with Gasteiger partial charge >= 0.3 is 0 Å². The summed E-state index contributed by atoms with van der Waals surface area (Å²) in [6.07, 6.45) is 31.6. The lowest BCUT2D eigenvalue weighted by Gasteiger charge is -2.26. The summed E-state index contributed by atoms with van der Waals surface area (Å²) >= 11 is 0. The number of hydrogen-bond acceptors (Lipinski definition) is 2. The van der Waals surface area contributed by atoms with E-state index in [0.717, 1.165) is 56.2 Å². The Kier molecular flexibility index (Phi) is 9.93. The molecule has 1 aliphatic heterocycles. The summed E-state index contributed by atoms with van der Waals surface area (Å²) in [4.78, 5) is 9.50. The lowest BCUT2D eigenvalue weighted by atomic mass is 9.79. The predicted molar refractivity (Wildman–Crippen MR) is 205 cm³/mol. The fourth-order valence-electron chi connectivity index (χ4n) is 7.70. The van der Waals surface area contributed by atoms with Crippen molar-refractivity contribution in [3.63, 3.8) is 0 Å².